The summed E-state index contributed by atoms with van der Waals surface area (Å²) in [5, 5.41) is 13.6. The van der Waals surface area contributed by atoms with Crippen molar-refractivity contribution in [1.82, 2.24) is 9.97 Å². The van der Waals surface area contributed by atoms with Crippen LogP contribution in [-0.2, 0) is 6.61 Å². The van der Waals surface area contributed by atoms with Crippen LogP contribution in [0.2, 0.25) is 0 Å². The lowest BCUT2D eigenvalue weighted by Gasteiger charge is -2.12. The van der Waals surface area contributed by atoms with Gasteiger partial charge in [0, 0.05) is 5.56 Å². The lowest BCUT2D eigenvalue weighted by molar-refractivity contribution is 0.284. The van der Waals surface area contributed by atoms with Crippen molar-refractivity contribution in [2.75, 3.05) is 12.5 Å². The van der Waals surface area contributed by atoms with Gasteiger partial charge in [-0.2, -0.15) is 10.4 Å². The Kier molecular flexibility index (Phi) is 7.19. The standard InChI is InChI=1S/C27H23N5O3/c1-18-7-6-8-20(13-18)17-35-24-14-19(11-12-23(24)34-2)16-29-32-27-30-25(21-9-4-3-5-10-21)22(15-28)26(33)31-27/h3-14,16H,17H2,1-2H3,(H2,30,31,32,33). The number of aromatic nitrogens is 2. The van der Waals surface area contributed by atoms with E-state index in [4.69, 9.17) is 9.47 Å². The second-order valence-electron chi connectivity index (χ2n) is 7.67. The summed E-state index contributed by atoms with van der Waals surface area (Å²) in [6.45, 7) is 2.43. The molecule has 8 heteroatoms. The van der Waals surface area contributed by atoms with Gasteiger partial charge in [0.2, 0.25) is 5.95 Å². The quantitative estimate of drug-likeness (QED) is 0.289. The lowest BCUT2D eigenvalue weighted by Crippen LogP contribution is -2.16. The molecule has 0 fully saturated rings. The van der Waals surface area contributed by atoms with Crippen molar-refractivity contribution >= 4 is 12.2 Å². The van der Waals surface area contributed by atoms with Crippen LogP contribution in [0.1, 0.15) is 22.3 Å². The van der Waals surface area contributed by atoms with E-state index in [0.29, 0.717) is 23.7 Å². The molecule has 0 saturated heterocycles. The number of methoxy groups -OCH3 is 1. The van der Waals surface area contributed by atoms with Crippen molar-refractivity contribution in [3.63, 3.8) is 0 Å². The number of benzene rings is 3. The highest BCUT2D eigenvalue weighted by Crippen LogP contribution is 2.28. The topological polar surface area (TPSA) is 112 Å². The number of aromatic amines is 1. The molecule has 4 rings (SSSR count). The number of ether oxygens (including phenoxy) is 2. The Morgan fingerprint density at radius 3 is 2.66 bits per heavy atom. The molecule has 0 aliphatic heterocycles. The molecule has 174 valence electrons. The van der Waals surface area contributed by atoms with Crippen LogP contribution in [0.3, 0.4) is 0 Å². The van der Waals surface area contributed by atoms with Crippen LogP contribution in [0.4, 0.5) is 5.95 Å². The number of nitrogens with one attached hydrogen (secondary N) is 2. The van der Waals surface area contributed by atoms with Crippen molar-refractivity contribution < 1.29 is 9.47 Å². The van der Waals surface area contributed by atoms with Gasteiger partial charge in [0.05, 0.1) is 19.0 Å². The van der Waals surface area contributed by atoms with Gasteiger partial charge in [-0.25, -0.2) is 10.4 Å². The fraction of sp³-hybridized carbons (Fsp3) is 0.111. The van der Waals surface area contributed by atoms with Crippen LogP contribution < -0.4 is 20.5 Å². The summed E-state index contributed by atoms with van der Waals surface area (Å²) >= 11 is 0. The largest absolute Gasteiger partial charge is 0.493 e. The number of hydrazone groups is 1. The molecule has 35 heavy (non-hydrogen) atoms. The molecule has 0 bridgehead atoms. The molecule has 4 aromatic rings. The van der Waals surface area contributed by atoms with Gasteiger partial charge in [-0.1, -0.05) is 60.2 Å². The number of nitriles is 1. The van der Waals surface area contributed by atoms with E-state index in [-0.39, 0.29) is 17.2 Å². The molecular weight excluding hydrogens is 442 g/mol. The predicted molar refractivity (Wildman–Crippen MR) is 135 cm³/mol. The molecule has 1 heterocycles. The Morgan fingerprint density at radius 2 is 1.91 bits per heavy atom. The molecule has 0 saturated carbocycles. The van der Waals surface area contributed by atoms with Gasteiger partial charge in [0.1, 0.15) is 18.2 Å². The maximum atomic E-state index is 12.4. The number of rotatable bonds is 8. The first kappa shape index (κ1) is 23.3. The van der Waals surface area contributed by atoms with E-state index < -0.39 is 5.56 Å². The highest BCUT2D eigenvalue weighted by molar-refractivity contribution is 5.81. The maximum Gasteiger partial charge on any atom is 0.270 e. The normalized spacial score (nSPS) is 10.7. The third-order valence-corrected chi connectivity index (χ3v) is 5.13. The van der Waals surface area contributed by atoms with Gasteiger partial charge < -0.3 is 9.47 Å². The molecule has 0 amide bonds. The average molecular weight is 466 g/mol. The van der Waals surface area contributed by atoms with E-state index in [2.05, 4.69) is 26.6 Å². The first-order chi connectivity index (χ1) is 17.1. The SMILES string of the molecule is COc1ccc(C=NNc2nc(-c3ccccc3)c(C#N)c(=O)[nH]2)cc1OCc1cccc(C)c1. The van der Waals surface area contributed by atoms with E-state index >= 15 is 0 Å². The summed E-state index contributed by atoms with van der Waals surface area (Å²) < 4.78 is 11.4. The Hall–Kier alpha value is -4.90. The zero-order valence-corrected chi connectivity index (χ0v) is 19.3. The summed E-state index contributed by atoms with van der Waals surface area (Å²) in [4.78, 5) is 19.3. The number of hydrogen-bond acceptors (Lipinski definition) is 7. The van der Waals surface area contributed by atoms with E-state index in [9.17, 15) is 10.1 Å². The van der Waals surface area contributed by atoms with Gasteiger partial charge in [-0.3, -0.25) is 9.78 Å². The van der Waals surface area contributed by atoms with Crippen molar-refractivity contribution in [1.29, 1.82) is 5.26 Å². The molecule has 8 nitrogen and oxygen atoms in total. The van der Waals surface area contributed by atoms with E-state index in [1.165, 1.54) is 0 Å². The van der Waals surface area contributed by atoms with Gasteiger partial charge in [0.25, 0.3) is 5.56 Å². The van der Waals surface area contributed by atoms with E-state index in [0.717, 1.165) is 16.7 Å². The zero-order chi connectivity index (χ0) is 24.6. The minimum atomic E-state index is -0.546. The number of H-pyrrole nitrogens is 1. The monoisotopic (exact) mass is 465 g/mol. The van der Waals surface area contributed by atoms with E-state index in [1.807, 2.05) is 61.5 Å². The highest BCUT2D eigenvalue weighted by atomic mass is 16.5. The van der Waals surface area contributed by atoms with Crippen molar-refractivity contribution in [3.8, 4) is 28.8 Å². The predicted octanol–water partition coefficient (Wildman–Crippen LogP) is 4.65. The minimum Gasteiger partial charge on any atom is -0.493 e. The molecule has 1 aromatic heterocycles. The van der Waals surface area contributed by atoms with Crippen LogP contribution in [0, 0.1) is 18.3 Å². The smallest absolute Gasteiger partial charge is 0.270 e. The first-order valence-electron chi connectivity index (χ1n) is 10.8. The fourth-order valence-corrected chi connectivity index (χ4v) is 3.45. The summed E-state index contributed by atoms with van der Waals surface area (Å²) in [5.41, 5.74) is 6.03. The van der Waals surface area contributed by atoms with Crippen molar-refractivity contribution in [3.05, 3.63) is 105 Å². The second kappa shape index (κ2) is 10.8. The van der Waals surface area contributed by atoms with Gasteiger partial charge >= 0.3 is 0 Å². The lowest BCUT2D eigenvalue weighted by atomic mass is 10.1. The molecule has 0 spiro atoms. The average Bonchev–Trinajstić information content (AvgIpc) is 2.88. The highest BCUT2D eigenvalue weighted by Gasteiger charge is 2.13. The van der Waals surface area contributed by atoms with Crippen molar-refractivity contribution in [2.24, 2.45) is 5.10 Å². The molecule has 2 N–H and O–H groups in total. The Morgan fingerprint density at radius 1 is 1.09 bits per heavy atom. The summed E-state index contributed by atoms with van der Waals surface area (Å²) in [6, 6.07) is 24.5. The van der Waals surface area contributed by atoms with Gasteiger partial charge in [0.15, 0.2) is 11.5 Å². The molecule has 0 aliphatic rings. The molecular formula is C27H23N5O3. The van der Waals surface area contributed by atoms with Crippen molar-refractivity contribution in [2.45, 2.75) is 13.5 Å². The van der Waals surface area contributed by atoms with Crippen LogP contribution in [0.5, 0.6) is 11.5 Å². The molecule has 3 aromatic carbocycles. The summed E-state index contributed by atoms with van der Waals surface area (Å²) in [5.74, 6) is 1.30. The maximum absolute atomic E-state index is 12.4. The summed E-state index contributed by atoms with van der Waals surface area (Å²) in [7, 11) is 1.58. The Balaban J connectivity index is 1.52. The van der Waals surface area contributed by atoms with Gasteiger partial charge in [-0.15, -0.1) is 0 Å². The third-order valence-electron chi connectivity index (χ3n) is 5.13. The molecule has 0 radical (unpaired) electrons. The Bertz CT molecular complexity index is 1460. The second-order valence-corrected chi connectivity index (χ2v) is 7.67. The molecule has 0 aliphatic carbocycles. The van der Waals surface area contributed by atoms with Crippen LogP contribution >= 0.6 is 0 Å². The number of hydrogen-bond donors (Lipinski definition) is 2. The van der Waals surface area contributed by atoms with E-state index in [1.54, 1.807) is 31.5 Å². The van der Waals surface area contributed by atoms with Crippen LogP contribution in [0.15, 0.2) is 82.7 Å². The number of nitrogens with zero attached hydrogens (tertiary/aromatic N) is 3. The minimum absolute atomic E-state index is 0.0590. The van der Waals surface area contributed by atoms with Crippen LogP contribution in [0.25, 0.3) is 11.3 Å². The Labute approximate surface area is 202 Å². The first-order valence-corrected chi connectivity index (χ1v) is 10.8. The van der Waals surface area contributed by atoms with Gasteiger partial charge in [-0.05, 0) is 36.2 Å². The zero-order valence-electron chi connectivity index (χ0n) is 19.3. The number of aryl methyl sites for hydroxylation is 1. The number of anilines is 1. The fourth-order valence-electron chi connectivity index (χ4n) is 3.45. The summed E-state index contributed by atoms with van der Waals surface area (Å²) in [6.07, 6.45) is 1.57. The molecule has 0 unspecified atom stereocenters. The molecule has 0 atom stereocenters. The van der Waals surface area contributed by atoms with Crippen LogP contribution in [-0.4, -0.2) is 23.3 Å². The third kappa shape index (κ3) is 5.72.